The summed E-state index contributed by atoms with van der Waals surface area (Å²) in [5, 5.41) is 0. The summed E-state index contributed by atoms with van der Waals surface area (Å²) in [5.41, 5.74) is 0. The average Bonchev–Trinajstić information content (AvgIpc) is 2.90. The van der Waals surface area contributed by atoms with Gasteiger partial charge in [0.2, 0.25) is 0 Å². The first-order chi connectivity index (χ1) is 8.09. The molecular formula is C13H22ClO2Si. The van der Waals surface area contributed by atoms with Crippen LogP contribution in [-0.2, 0) is 8.85 Å². The van der Waals surface area contributed by atoms with Crippen LogP contribution in [0.25, 0.3) is 0 Å². The fraction of sp³-hybridized carbons (Fsp3) is 0.846. The second kappa shape index (κ2) is 5.43. The first kappa shape index (κ1) is 13.6. The Morgan fingerprint density at radius 1 is 1.24 bits per heavy atom. The van der Waals surface area contributed by atoms with Crippen LogP contribution in [0.3, 0.4) is 0 Å². The molecule has 0 aromatic heterocycles. The highest BCUT2D eigenvalue weighted by Crippen LogP contribution is 2.51. The number of hydrogen-bond acceptors (Lipinski definition) is 2. The zero-order chi connectivity index (χ0) is 12.5. The molecule has 1 radical (unpaired) electrons. The lowest BCUT2D eigenvalue weighted by atomic mass is 9.90. The zero-order valence-electron chi connectivity index (χ0n) is 10.9. The lowest BCUT2D eigenvalue weighted by molar-refractivity contribution is 0.185. The van der Waals surface area contributed by atoms with E-state index in [1.54, 1.807) is 0 Å². The summed E-state index contributed by atoms with van der Waals surface area (Å²) in [6, 6.07) is 0. The van der Waals surface area contributed by atoms with Crippen LogP contribution < -0.4 is 0 Å². The van der Waals surface area contributed by atoms with E-state index in [0.717, 1.165) is 5.92 Å². The summed E-state index contributed by atoms with van der Waals surface area (Å²) < 4.78 is 11.3. The van der Waals surface area contributed by atoms with E-state index in [4.69, 9.17) is 20.5 Å². The molecule has 0 aliphatic heterocycles. The largest absolute Gasteiger partial charge is 0.407 e. The van der Waals surface area contributed by atoms with Crippen molar-refractivity contribution in [3.8, 4) is 0 Å². The molecule has 0 spiro atoms. The molecular weight excluding hydrogens is 252 g/mol. The first-order valence-corrected chi connectivity index (χ1v) is 8.29. The van der Waals surface area contributed by atoms with Crippen LogP contribution in [0.5, 0.6) is 0 Å². The van der Waals surface area contributed by atoms with Crippen LogP contribution >= 0.6 is 11.6 Å². The lowest BCUT2D eigenvalue weighted by Gasteiger charge is -2.36. The van der Waals surface area contributed by atoms with Gasteiger partial charge in [-0.3, -0.25) is 0 Å². The van der Waals surface area contributed by atoms with E-state index in [9.17, 15) is 0 Å². The van der Waals surface area contributed by atoms with Gasteiger partial charge < -0.3 is 8.85 Å². The minimum Gasteiger partial charge on any atom is -0.393 e. The van der Waals surface area contributed by atoms with Crippen LogP contribution in [0.15, 0.2) is 12.2 Å². The van der Waals surface area contributed by atoms with Crippen molar-refractivity contribution >= 4 is 20.9 Å². The molecule has 1 fully saturated rings. The molecule has 4 atom stereocenters. The number of hydrogen-bond donors (Lipinski definition) is 0. The van der Waals surface area contributed by atoms with Gasteiger partial charge in [-0.25, -0.2) is 0 Å². The van der Waals surface area contributed by atoms with Crippen molar-refractivity contribution in [3.05, 3.63) is 12.2 Å². The van der Waals surface area contributed by atoms with E-state index in [0.29, 0.717) is 25.0 Å². The molecule has 0 amide bonds. The molecule has 97 valence electrons. The molecule has 0 saturated heterocycles. The van der Waals surface area contributed by atoms with E-state index >= 15 is 0 Å². The van der Waals surface area contributed by atoms with Crippen LogP contribution in [-0.4, -0.2) is 27.0 Å². The molecule has 0 heterocycles. The summed E-state index contributed by atoms with van der Waals surface area (Å²) in [5.74, 6) is 1.91. The highest BCUT2D eigenvalue weighted by Gasteiger charge is 2.52. The van der Waals surface area contributed by atoms with E-state index in [1.807, 2.05) is 13.8 Å². The number of halogens is 1. The normalized spacial score (nSPS) is 34.5. The Kier molecular flexibility index (Phi) is 4.34. The van der Waals surface area contributed by atoms with E-state index in [1.165, 1.54) is 12.8 Å². The zero-order valence-corrected chi connectivity index (χ0v) is 12.7. The van der Waals surface area contributed by atoms with Gasteiger partial charge in [-0.15, -0.1) is 11.6 Å². The molecule has 2 aliphatic rings. The maximum atomic E-state index is 6.82. The quantitative estimate of drug-likeness (QED) is 0.420. The van der Waals surface area contributed by atoms with Crippen molar-refractivity contribution in [3.63, 3.8) is 0 Å². The molecule has 4 heteroatoms. The summed E-state index contributed by atoms with van der Waals surface area (Å²) in [6.07, 6.45) is 7.18. The maximum Gasteiger partial charge on any atom is 0.407 e. The van der Waals surface area contributed by atoms with Gasteiger partial charge in [0.25, 0.3) is 0 Å². The fourth-order valence-electron chi connectivity index (χ4n) is 3.14. The van der Waals surface area contributed by atoms with E-state index in [-0.39, 0.29) is 4.50 Å². The second-order valence-corrected chi connectivity index (χ2v) is 8.41. The van der Waals surface area contributed by atoms with Gasteiger partial charge in [0.05, 0.1) is 4.50 Å². The Bertz CT molecular complexity index is 287. The Morgan fingerprint density at radius 3 is 2.29 bits per heavy atom. The molecule has 0 aromatic carbocycles. The third-order valence-electron chi connectivity index (χ3n) is 3.93. The van der Waals surface area contributed by atoms with Crippen LogP contribution in [0.2, 0.25) is 0 Å². The average molecular weight is 274 g/mol. The predicted octanol–water partition coefficient (Wildman–Crippen LogP) is 3.30. The smallest absolute Gasteiger partial charge is 0.393 e. The monoisotopic (exact) mass is 273 g/mol. The van der Waals surface area contributed by atoms with Crippen molar-refractivity contribution in [2.24, 2.45) is 17.8 Å². The number of alkyl halides is 1. The third-order valence-corrected chi connectivity index (χ3v) is 6.94. The highest BCUT2D eigenvalue weighted by molar-refractivity contribution is 6.62. The van der Waals surface area contributed by atoms with E-state index < -0.39 is 9.28 Å². The minimum atomic E-state index is -1.40. The first-order valence-electron chi connectivity index (χ1n) is 6.59. The van der Waals surface area contributed by atoms with E-state index in [2.05, 4.69) is 19.1 Å². The van der Waals surface area contributed by atoms with Gasteiger partial charge in [0.15, 0.2) is 0 Å². The Morgan fingerprint density at radius 2 is 1.88 bits per heavy atom. The SMILES string of the molecule is CCO[Si](OCC)C(C)(Cl)C1CC2C=CC1C2. The Hall–Kier alpha value is 0.167. The van der Waals surface area contributed by atoms with Gasteiger partial charge >= 0.3 is 9.28 Å². The van der Waals surface area contributed by atoms with Crippen molar-refractivity contribution < 1.29 is 8.85 Å². The van der Waals surface area contributed by atoms with Crippen molar-refractivity contribution in [1.29, 1.82) is 0 Å². The molecule has 2 aliphatic carbocycles. The van der Waals surface area contributed by atoms with Crippen molar-refractivity contribution in [1.82, 2.24) is 0 Å². The Balaban J connectivity index is 2.07. The molecule has 2 bridgehead atoms. The van der Waals surface area contributed by atoms with Crippen molar-refractivity contribution in [2.75, 3.05) is 13.2 Å². The molecule has 1 saturated carbocycles. The van der Waals surface area contributed by atoms with Gasteiger partial charge in [-0.1, -0.05) is 12.2 Å². The summed E-state index contributed by atoms with van der Waals surface area (Å²) in [7, 11) is -1.40. The molecule has 4 unspecified atom stereocenters. The molecule has 0 N–H and O–H groups in total. The summed E-state index contributed by atoms with van der Waals surface area (Å²) in [4.78, 5) is 0. The van der Waals surface area contributed by atoms with Gasteiger partial charge in [0.1, 0.15) is 0 Å². The molecule has 2 nitrogen and oxygen atoms in total. The topological polar surface area (TPSA) is 18.5 Å². The number of rotatable bonds is 6. The number of allylic oxidation sites excluding steroid dienone is 2. The molecule has 0 aromatic rings. The van der Waals surface area contributed by atoms with Gasteiger partial charge in [-0.05, 0) is 51.4 Å². The van der Waals surface area contributed by atoms with Gasteiger partial charge in [-0.2, -0.15) is 0 Å². The Labute approximate surface area is 111 Å². The summed E-state index contributed by atoms with van der Waals surface area (Å²) in [6.45, 7) is 7.52. The van der Waals surface area contributed by atoms with Crippen LogP contribution in [0, 0.1) is 17.8 Å². The number of fused-ring (bicyclic) bond motifs is 2. The highest BCUT2D eigenvalue weighted by atomic mass is 35.5. The summed E-state index contributed by atoms with van der Waals surface area (Å²) >= 11 is 6.82. The van der Waals surface area contributed by atoms with Crippen molar-refractivity contribution in [2.45, 2.75) is 38.1 Å². The molecule has 17 heavy (non-hydrogen) atoms. The minimum absolute atomic E-state index is 0.319. The predicted molar refractivity (Wildman–Crippen MR) is 72.1 cm³/mol. The van der Waals surface area contributed by atoms with Crippen LogP contribution in [0.1, 0.15) is 33.6 Å². The molecule has 2 rings (SSSR count). The van der Waals surface area contributed by atoms with Gasteiger partial charge in [0, 0.05) is 13.2 Å². The van der Waals surface area contributed by atoms with Crippen LogP contribution in [0.4, 0.5) is 0 Å². The lowest BCUT2D eigenvalue weighted by Crippen LogP contribution is -2.50. The second-order valence-electron chi connectivity index (χ2n) is 5.12. The third kappa shape index (κ3) is 2.62. The fourth-order valence-corrected chi connectivity index (χ4v) is 5.53. The standard InChI is InChI=1S/C13H22ClO2Si/c1-4-15-17(16-5-2)13(3,14)12-9-10-6-7-11(12)8-10/h6-7,10-12H,4-5,8-9H2,1-3H3. The maximum absolute atomic E-state index is 6.82.